The number of aromatic nitrogens is 1. The lowest BCUT2D eigenvalue weighted by molar-refractivity contribution is 1.07. The van der Waals surface area contributed by atoms with Gasteiger partial charge in [0.05, 0.1) is 0 Å². The summed E-state index contributed by atoms with van der Waals surface area (Å²) in [5.41, 5.74) is 2.38. The molecule has 0 amide bonds. The van der Waals surface area contributed by atoms with Gasteiger partial charge < -0.3 is 0 Å². The lowest BCUT2D eigenvalue weighted by Gasteiger charge is -1.98. The third kappa shape index (κ3) is 2.15. The molecule has 0 bridgehead atoms. The Balaban J connectivity index is 2.16. The quantitative estimate of drug-likeness (QED) is 0.671. The largest absolute Gasteiger partial charge is 0.261 e. The van der Waals surface area contributed by atoms with Gasteiger partial charge in [0.15, 0.2) is 0 Å². The van der Waals surface area contributed by atoms with Gasteiger partial charge in [-0.3, -0.25) is 4.98 Å². The molecule has 0 fully saturated rings. The van der Waals surface area contributed by atoms with Crippen LogP contribution >= 0.6 is 0 Å². The molecule has 63 valence electrons. The zero-order valence-corrected chi connectivity index (χ0v) is 7.27. The van der Waals surface area contributed by atoms with Crippen LogP contribution in [-0.2, 0) is 6.42 Å². The fraction of sp³-hybridized carbons (Fsp3) is 0.0833. The second-order valence-corrected chi connectivity index (χ2v) is 2.91. The van der Waals surface area contributed by atoms with E-state index in [0.29, 0.717) is 0 Å². The third-order valence-corrected chi connectivity index (χ3v) is 1.90. The van der Waals surface area contributed by atoms with Crippen LogP contribution in [0, 0.1) is 6.07 Å². The highest BCUT2D eigenvalue weighted by Crippen LogP contribution is 2.05. The second-order valence-electron chi connectivity index (χ2n) is 2.91. The topological polar surface area (TPSA) is 12.9 Å². The van der Waals surface area contributed by atoms with Gasteiger partial charge in [-0.1, -0.05) is 30.3 Å². The molecule has 1 heterocycles. The number of pyridine rings is 1. The van der Waals surface area contributed by atoms with Gasteiger partial charge in [0, 0.05) is 18.3 Å². The molecule has 1 heteroatoms. The van der Waals surface area contributed by atoms with Crippen molar-refractivity contribution in [1.29, 1.82) is 0 Å². The molecule has 0 saturated carbocycles. The minimum atomic E-state index is 0.898. The molecule has 0 aliphatic heterocycles. The average molecular weight is 168 g/mol. The molecule has 1 aromatic heterocycles. The Morgan fingerprint density at radius 3 is 2.62 bits per heavy atom. The Morgan fingerprint density at radius 1 is 1.08 bits per heavy atom. The highest BCUT2D eigenvalue weighted by Gasteiger charge is 1.94. The molecule has 0 unspecified atom stereocenters. The summed E-state index contributed by atoms with van der Waals surface area (Å²) in [5, 5.41) is 0. The monoisotopic (exact) mass is 168 g/mol. The molecule has 1 aromatic carbocycles. The van der Waals surface area contributed by atoms with Crippen LogP contribution in [0.1, 0.15) is 11.3 Å². The van der Waals surface area contributed by atoms with Crippen LogP contribution in [0.15, 0.2) is 48.7 Å². The first-order valence-corrected chi connectivity index (χ1v) is 4.30. The van der Waals surface area contributed by atoms with E-state index in [-0.39, 0.29) is 0 Å². The highest BCUT2D eigenvalue weighted by molar-refractivity contribution is 5.20. The van der Waals surface area contributed by atoms with Crippen molar-refractivity contribution < 1.29 is 0 Å². The summed E-state index contributed by atoms with van der Waals surface area (Å²) >= 11 is 0. The predicted octanol–water partition coefficient (Wildman–Crippen LogP) is 2.47. The van der Waals surface area contributed by atoms with Crippen molar-refractivity contribution in [3.8, 4) is 0 Å². The van der Waals surface area contributed by atoms with Gasteiger partial charge in [0.2, 0.25) is 0 Å². The molecular formula is C12H10N. The maximum atomic E-state index is 4.26. The van der Waals surface area contributed by atoms with Gasteiger partial charge in [0.25, 0.3) is 0 Å². The molecule has 0 N–H and O–H groups in total. The van der Waals surface area contributed by atoms with Crippen molar-refractivity contribution >= 4 is 0 Å². The Morgan fingerprint density at radius 2 is 1.92 bits per heavy atom. The number of nitrogens with zero attached hydrogens (tertiary/aromatic N) is 1. The van der Waals surface area contributed by atoms with Crippen molar-refractivity contribution in [3.05, 3.63) is 66.0 Å². The first-order chi connectivity index (χ1) is 6.45. The number of hydrogen-bond donors (Lipinski definition) is 0. The SMILES string of the molecule is [c]1ccc(Cc2ccccn2)cc1. The number of rotatable bonds is 2. The molecule has 0 atom stereocenters. The summed E-state index contributed by atoms with van der Waals surface area (Å²) < 4.78 is 0. The van der Waals surface area contributed by atoms with E-state index in [1.54, 1.807) is 0 Å². The van der Waals surface area contributed by atoms with E-state index < -0.39 is 0 Å². The minimum Gasteiger partial charge on any atom is -0.261 e. The van der Waals surface area contributed by atoms with E-state index in [0.717, 1.165) is 12.1 Å². The molecule has 1 nitrogen and oxygen atoms in total. The van der Waals surface area contributed by atoms with Gasteiger partial charge in [-0.15, -0.1) is 0 Å². The van der Waals surface area contributed by atoms with Crippen LogP contribution in [0.3, 0.4) is 0 Å². The van der Waals surface area contributed by atoms with Gasteiger partial charge in [0.1, 0.15) is 0 Å². The molecule has 13 heavy (non-hydrogen) atoms. The van der Waals surface area contributed by atoms with Crippen LogP contribution in [0.2, 0.25) is 0 Å². The molecule has 0 aliphatic carbocycles. The summed E-state index contributed by atoms with van der Waals surface area (Å²) in [6, 6.07) is 17.0. The van der Waals surface area contributed by atoms with E-state index in [1.807, 2.05) is 36.5 Å². The molecule has 1 radical (unpaired) electrons. The first-order valence-electron chi connectivity index (χ1n) is 4.30. The van der Waals surface area contributed by atoms with E-state index in [1.165, 1.54) is 5.56 Å². The van der Waals surface area contributed by atoms with Gasteiger partial charge in [-0.05, 0) is 23.8 Å². The van der Waals surface area contributed by atoms with Gasteiger partial charge in [-0.25, -0.2) is 0 Å². The molecule has 0 saturated heterocycles. The summed E-state index contributed by atoms with van der Waals surface area (Å²) in [6.45, 7) is 0. The normalized spacial score (nSPS) is 9.85. The first kappa shape index (κ1) is 7.99. The second kappa shape index (κ2) is 3.85. The maximum absolute atomic E-state index is 4.26. The van der Waals surface area contributed by atoms with Crippen molar-refractivity contribution in [1.82, 2.24) is 4.98 Å². The van der Waals surface area contributed by atoms with Crippen LogP contribution in [0.25, 0.3) is 0 Å². The van der Waals surface area contributed by atoms with Gasteiger partial charge in [-0.2, -0.15) is 0 Å². The average Bonchev–Trinajstić information content (AvgIpc) is 2.21. The van der Waals surface area contributed by atoms with Crippen LogP contribution in [0.4, 0.5) is 0 Å². The van der Waals surface area contributed by atoms with E-state index >= 15 is 0 Å². The zero-order chi connectivity index (χ0) is 8.93. The molecule has 2 aromatic rings. The molecular weight excluding hydrogens is 158 g/mol. The van der Waals surface area contributed by atoms with Gasteiger partial charge >= 0.3 is 0 Å². The number of benzene rings is 1. The lowest BCUT2D eigenvalue weighted by Crippen LogP contribution is -1.89. The van der Waals surface area contributed by atoms with Crippen LogP contribution in [-0.4, -0.2) is 4.98 Å². The Hall–Kier alpha value is -1.63. The van der Waals surface area contributed by atoms with Crippen LogP contribution < -0.4 is 0 Å². The fourth-order valence-corrected chi connectivity index (χ4v) is 1.25. The highest BCUT2D eigenvalue weighted by atomic mass is 14.7. The molecule has 0 spiro atoms. The maximum Gasteiger partial charge on any atom is 0.0447 e. The number of hydrogen-bond acceptors (Lipinski definition) is 1. The smallest absolute Gasteiger partial charge is 0.0447 e. The summed E-state index contributed by atoms with van der Waals surface area (Å²) in [6.07, 6.45) is 2.72. The van der Waals surface area contributed by atoms with Crippen molar-refractivity contribution in [2.45, 2.75) is 6.42 Å². The standard InChI is InChI=1S/C12H10N/c1-2-6-11(7-3-1)10-12-8-4-5-9-13-12/h2-9H,10H2. The summed E-state index contributed by atoms with van der Waals surface area (Å²) in [7, 11) is 0. The van der Waals surface area contributed by atoms with Crippen molar-refractivity contribution in [2.24, 2.45) is 0 Å². The Kier molecular flexibility index (Phi) is 2.37. The van der Waals surface area contributed by atoms with E-state index in [2.05, 4.69) is 23.2 Å². The van der Waals surface area contributed by atoms with Crippen molar-refractivity contribution in [3.63, 3.8) is 0 Å². The van der Waals surface area contributed by atoms with E-state index in [9.17, 15) is 0 Å². The molecule has 2 rings (SSSR count). The Bertz CT molecular complexity index is 316. The van der Waals surface area contributed by atoms with Crippen LogP contribution in [0.5, 0.6) is 0 Å². The molecule has 0 aliphatic rings. The lowest BCUT2D eigenvalue weighted by atomic mass is 10.1. The zero-order valence-electron chi connectivity index (χ0n) is 7.27. The van der Waals surface area contributed by atoms with E-state index in [4.69, 9.17) is 0 Å². The van der Waals surface area contributed by atoms with Crippen molar-refractivity contribution in [2.75, 3.05) is 0 Å². The Labute approximate surface area is 78.1 Å². The summed E-state index contributed by atoms with van der Waals surface area (Å²) in [4.78, 5) is 4.26. The third-order valence-electron chi connectivity index (χ3n) is 1.90. The predicted molar refractivity (Wildman–Crippen MR) is 52.3 cm³/mol. The summed E-state index contributed by atoms with van der Waals surface area (Å²) in [5.74, 6) is 0. The minimum absolute atomic E-state index is 0.898. The fourth-order valence-electron chi connectivity index (χ4n) is 1.25.